The van der Waals surface area contributed by atoms with Crippen LogP contribution in [-0.2, 0) is 20.7 Å². The van der Waals surface area contributed by atoms with Gasteiger partial charge in [0.25, 0.3) is 5.91 Å². The zero-order chi connectivity index (χ0) is 29.0. The summed E-state index contributed by atoms with van der Waals surface area (Å²) in [5.74, 6) is -2.42. The van der Waals surface area contributed by atoms with Crippen molar-refractivity contribution in [3.8, 4) is 17.6 Å². The average Bonchev–Trinajstić information content (AvgIpc) is 3.26. The molecule has 2 N–H and O–H groups in total. The predicted octanol–water partition coefficient (Wildman–Crippen LogP) is 6.17. The molecule has 0 aliphatic carbocycles. The molecule has 1 fully saturated rings. The Morgan fingerprint density at radius 2 is 1.95 bits per heavy atom. The van der Waals surface area contributed by atoms with Crippen LogP contribution in [0.25, 0.3) is 0 Å². The highest BCUT2D eigenvalue weighted by molar-refractivity contribution is 6.32. The minimum Gasteiger partial charge on any atom is -0.453 e. The summed E-state index contributed by atoms with van der Waals surface area (Å²) in [7, 11) is 0. The Bertz CT molecular complexity index is 1510. The van der Waals surface area contributed by atoms with Gasteiger partial charge in [0.15, 0.2) is 17.4 Å². The first-order chi connectivity index (χ1) is 18.9. The number of hydrogen-bond donors (Lipinski definition) is 2. The molecule has 2 amide bonds. The minimum atomic E-state index is -0.815. The fourth-order valence-corrected chi connectivity index (χ4v) is 4.50. The lowest BCUT2D eigenvalue weighted by Gasteiger charge is -2.17. The minimum absolute atomic E-state index is 0.0133. The number of carbonyl (C=O) groups is 2. The number of amides is 2. The number of nitrogens with zero attached hydrogens (tertiary/aromatic N) is 1. The van der Waals surface area contributed by atoms with Crippen LogP contribution in [0.5, 0.6) is 11.5 Å². The molecule has 1 atom stereocenters. The number of hydrogen-bond acceptors (Lipinski definition) is 6. The van der Waals surface area contributed by atoms with Crippen LogP contribution >= 0.6 is 23.2 Å². The number of rotatable bonds is 8. The van der Waals surface area contributed by atoms with E-state index in [9.17, 15) is 9.59 Å². The SMILES string of the molecule is Cc1cc(C(=O)NC[C@@H]2COC(C)(C)O2)ccc1NC(=O)Cc1ccc(Cl)c(Oc2cc(Cl)cc(C#N)c2)c1F. The summed E-state index contributed by atoms with van der Waals surface area (Å²) in [4.78, 5) is 25.4. The molecule has 1 heterocycles. The maximum Gasteiger partial charge on any atom is 0.251 e. The summed E-state index contributed by atoms with van der Waals surface area (Å²) < 4.78 is 32.1. The third-order valence-electron chi connectivity index (χ3n) is 6.02. The summed E-state index contributed by atoms with van der Waals surface area (Å²) in [5.41, 5.74) is 1.83. The van der Waals surface area contributed by atoms with Gasteiger partial charge in [-0.15, -0.1) is 0 Å². The molecule has 3 aromatic rings. The number of ether oxygens (including phenoxy) is 3. The summed E-state index contributed by atoms with van der Waals surface area (Å²) in [6.07, 6.45) is -0.543. The van der Waals surface area contributed by atoms with Crippen LogP contribution in [-0.4, -0.2) is 36.9 Å². The van der Waals surface area contributed by atoms with Gasteiger partial charge in [-0.3, -0.25) is 9.59 Å². The van der Waals surface area contributed by atoms with Crippen LogP contribution in [0.3, 0.4) is 0 Å². The van der Waals surface area contributed by atoms with Gasteiger partial charge in [-0.1, -0.05) is 29.3 Å². The number of benzene rings is 3. The Hall–Kier alpha value is -3.68. The second-order valence-corrected chi connectivity index (χ2v) is 10.5. The first-order valence-corrected chi connectivity index (χ1v) is 13.1. The maximum atomic E-state index is 15.3. The molecule has 1 aliphatic rings. The lowest BCUT2D eigenvalue weighted by molar-refractivity contribution is -0.137. The number of nitriles is 1. The lowest BCUT2D eigenvalue weighted by Crippen LogP contribution is -2.34. The fourth-order valence-electron chi connectivity index (χ4n) is 4.09. The summed E-state index contributed by atoms with van der Waals surface area (Å²) in [6.45, 7) is 6.06. The third-order valence-corrected chi connectivity index (χ3v) is 6.54. The smallest absolute Gasteiger partial charge is 0.251 e. The summed E-state index contributed by atoms with van der Waals surface area (Å²) in [5, 5.41) is 14.9. The third kappa shape index (κ3) is 7.29. The van der Waals surface area contributed by atoms with Crippen LogP contribution in [0.15, 0.2) is 48.5 Å². The molecule has 0 aromatic heterocycles. The van der Waals surface area contributed by atoms with Crippen LogP contribution < -0.4 is 15.4 Å². The van der Waals surface area contributed by atoms with Crippen molar-refractivity contribution in [2.45, 2.75) is 39.1 Å². The van der Waals surface area contributed by atoms with Crippen LogP contribution in [0, 0.1) is 24.1 Å². The summed E-state index contributed by atoms with van der Waals surface area (Å²) in [6, 6.07) is 13.9. The van der Waals surface area contributed by atoms with Crippen molar-refractivity contribution in [3.05, 3.63) is 86.6 Å². The van der Waals surface area contributed by atoms with Crippen molar-refractivity contribution < 1.29 is 28.2 Å². The van der Waals surface area contributed by atoms with Crippen molar-refractivity contribution in [1.29, 1.82) is 5.26 Å². The molecule has 0 radical (unpaired) electrons. The van der Waals surface area contributed by atoms with E-state index < -0.39 is 17.5 Å². The van der Waals surface area contributed by atoms with E-state index in [0.717, 1.165) is 0 Å². The lowest BCUT2D eigenvalue weighted by atomic mass is 10.1. The quantitative estimate of drug-likeness (QED) is 0.327. The van der Waals surface area contributed by atoms with Gasteiger partial charge >= 0.3 is 0 Å². The standard InChI is InChI=1S/C29H26Cl2FN3O5/c1-16-8-19(28(37)34-14-22-15-38-29(2,3)40-22)5-7-24(16)35-25(36)11-18-4-6-23(31)27(26(18)32)39-21-10-17(13-33)9-20(30)12-21/h4-10,12,22H,11,14-15H2,1-3H3,(H,34,37)(H,35,36)/t22-/m1/s1. The highest BCUT2D eigenvalue weighted by atomic mass is 35.5. The van der Waals surface area contributed by atoms with Gasteiger partial charge in [0.1, 0.15) is 11.9 Å². The van der Waals surface area contributed by atoms with E-state index in [2.05, 4.69) is 10.6 Å². The average molecular weight is 586 g/mol. The molecule has 0 spiro atoms. The molecular formula is C29H26Cl2FN3O5. The van der Waals surface area contributed by atoms with Crippen molar-refractivity contribution in [1.82, 2.24) is 5.32 Å². The molecule has 11 heteroatoms. The largest absolute Gasteiger partial charge is 0.453 e. The first-order valence-electron chi connectivity index (χ1n) is 12.3. The first kappa shape index (κ1) is 29.3. The highest BCUT2D eigenvalue weighted by Crippen LogP contribution is 2.35. The van der Waals surface area contributed by atoms with E-state index in [4.69, 9.17) is 42.7 Å². The normalized spacial score (nSPS) is 15.8. The number of nitrogens with one attached hydrogen (secondary N) is 2. The predicted molar refractivity (Wildman–Crippen MR) is 148 cm³/mol. The number of aryl methyl sites for hydroxylation is 1. The Labute approximate surface area is 240 Å². The van der Waals surface area contributed by atoms with Crippen molar-refractivity contribution >= 4 is 40.7 Å². The Morgan fingerprint density at radius 3 is 2.62 bits per heavy atom. The molecule has 0 saturated carbocycles. The molecular weight excluding hydrogens is 560 g/mol. The van der Waals surface area contributed by atoms with Gasteiger partial charge in [-0.2, -0.15) is 5.26 Å². The van der Waals surface area contributed by atoms with Gasteiger partial charge in [0, 0.05) is 28.4 Å². The van der Waals surface area contributed by atoms with E-state index in [0.29, 0.717) is 30.0 Å². The van der Waals surface area contributed by atoms with E-state index >= 15 is 4.39 Å². The van der Waals surface area contributed by atoms with Gasteiger partial charge in [0.2, 0.25) is 5.91 Å². The van der Waals surface area contributed by atoms with Gasteiger partial charge < -0.3 is 24.8 Å². The van der Waals surface area contributed by atoms with Crippen molar-refractivity contribution in [2.75, 3.05) is 18.5 Å². The van der Waals surface area contributed by atoms with Crippen LogP contribution in [0.1, 0.15) is 40.9 Å². The molecule has 40 heavy (non-hydrogen) atoms. The zero-order valence-corrected chi connectivity index (χ0v) is 23.5. The van der Waals surface area contributed by atoms with Crippen molar-refractivity contribution in [2.24, 2.45) is 0 Å². The zero-order valence-electron chi connectivity index (χ0n) is 21.9. The Kier molecular flexibility index (Phi) is 8.96. The molecule has 0 unspecified atom stereocenters. The molecule has 4 rings (SSSR count). The molecule has 1 aliphatic heterocycles. The molecule has 1 saturated heterocycles. The number of halogens is 3. The fraction of sp³-hybridized carbons (Fsp3) is 0.276. The number of carbonyl (C=O) groups excluding carboxylic acids is 2. The summed E-state index contributed by atoms with van der Waals surface area (Å²) >= 11 is 12.2. The van der Waals surface area contributed by atoms with E-state index in [1.807, 2.05) is 19.9 Å². The van der Waals surface area contributed by atoms with E-state index in [1.54, 1.807) is 25.1 Å². The Balaban J connectivity index is 1.40. The van der Waals surface area contributed by atoms with Gasteiger partial charge in [0.05, 0.1) is 29.7 Å². The van der Waals surface area contributed by atoms with Gasteiger partial charge in [-0.25, -0.2) is 4.39 Å². The van der Waals surface area contributed by atoms with E-state index in [1.165, 1.54) is 30.3 Å². The van der Waals surface area contributed by atoms with E-state index in [-0.39, 0.29) is 51.1 Å². The van der Waals surface area contributed by atoms with Crippen LogP contribution in [0.2, 0.25) is 10.0 Å². The molecule has 8 nitrogen and oxygen atoms in total. The Morgan fingerprint density at radius 1 is 1.18 bits per heavy atom. The molecule has 208 valence electrons. The highest BCUT2D eigenvalue weighted by Gasteiger charge is 2.32. The second kappa shape index (κ2) is 12.2. The van der Waals surface area contributed by atoms with Crippen LogP contribution in [0.4, 0.5) is 10.1 Å². The monoisotopic (exact) mass is 585 g/mol. The molecule has 0 bridgehead atoms. The topological polar surface area (TPSA) is 110 Å². The van der Waals surface area contributed by atoms with Gasteiger partial charge in [-0.05, 0) is 68.8 Å². The second-order valence-electron chi connectivity index (χ2n) is 9.65. The molecule has 3 aromatic carbocycles. The maximum absolute atomic E-state index is 15.3. The van der Waals surface area contributed by atoms with Crippen molar-refractivity contribution in [3.63, 3.8) is 0 Å². The number of anilines is 1.